The summed E-state index contributed by atoms with van der Waals surface area (Å²) >= 11 is 5.61. The minimum Gasteiger partial charge on any atom is -0.492 e. The lowest BCUT2D eigenvalue weighted by atomic mass is 10.3. The van der Waals surface area contributed by atoms with Gasteiger partial charge in [0, 0.05) is 13.1 Å². The number of halogens is 2. The molecular weight excluding hydrogens is 297 g/mol. The van der Waals surface area contributed by atoms with Gasteiger partial charge in [-0.15, -0.1) is 10.2 Å². The van der Waals surface area contributed by atoms with Crippen LogP contribution in [0, 0.1) is 5.82 Å². The van der Waals surface area contributed by atoms with Gasteiger partial charge in [-0.05, 0) is 24.3 Å². The number of hydrogen-bond acceptors (Lipinski definition) is 4. The third kappa shape index (κ3) is 4.39. The van der Waals surface area contributed by atoms with Gasteiger partial charge in [0.15, 0.2) is 10.8 Å². The van der Waals surface area contributed by atoms with Gasteiger partial charge in [0.25, 0.3) is 5.91 Å². The predicted molar refractivity (Wildman–Crippen MR) is 75.9 cm³/mol. The van der Waals surface area contributed by atoms with Gasteiger partial charge in [0.05, 0.1) is 6.54 Å². The van der Waals surface area contributed by atoms with Crippen molar-refractivity contribution in [1.29, 1.82) is 0 Å². The van der Waals surface area contributed by atoms with Crippen molar-refractivity contribution in [2.24, 2.45) is 0 Å². The normalized spacial score (nSPS) is 10.2. The molecule has 0 radical (unpaired) electrons. The second-order valence-electron chi connectivity index (χ2n) is 4.27. The molecule has 7 heteroatoms. The Morgan fingerprint density at radius 1 is 1.33 bits per heavy atom. The van der Waals surface area contributed by atoms with E-state index in [2.05, 4.69) is 10.2 Å². The summed E-state index contributed by atoms with van der Waals surface area (Å²) in [6.45, 7) is 0.576. The zero-order chi connectivity index (χ0) is 15.2. The van der Waals surface area contributed by atoms with Crippen LogP contribution >= 0.6 is 11.6 Å². The van der Waals surface area contributed by atoms with Crippen molar-refractivity contribution in [2.45, 2.75) is 0 Å². The quantitative estimate of drug-likeness (QED) is 0.851. The largest absolute Gasteiger partial charge is 0.492 e. The first-order chi connectivity index (χ1) is 10.1. The van der Waals surface area contributed by atoms with Gasteiger partial charge < -0.3 is 9.64 Å². The number of rotatable bonds is 5. The average molecular weight is 310 g/mol. The number of amides is 1. The van der Waals surface area contributed by atoms with Gasteiger partial charge in [0.2, 0.25) is 0 Å². The molecule has 1 heterocycles. The molecule has 2 rings (SSSR count). The molecule has 0 aliphatic heterocycles. The number of nitrogens with zero attached hydrogens (tertiary/aromatic N) is 3. The first kappa shape index (κ1) is 15.2. The Hall–Kier alpha value is -2.21. The van der Waals surface area contributed by atoms with Crippen LogP contribution in [0.3, 0.4) is 0 Å². The summed E-state index contributed by atoms with van der Waals surface area (Å²) in [5.41, 5.74) is 0.202. The van der Waals surface area contributed by atoms with Crippen molar-refractivity contribution in [3.63, 3.8) is 0 Å². The highest BCUT2D eigenvalue weighted by molar-refractivity contribution is 6.29. The molecule has 1 aromatic heterocycles. The maximum atomic E-state index is 13.0. The molecule has 0 unspecified atom stereocenters. The molecule has 110 valence electrons. The number of ether oxygens (including phenoxy) is 1. The van der Waals surface area contributed by atoms with E-state index >= 15 is 0 Å². The average Bonchev–Trinajstić information content (AvgIpc) is 2.47. The monoisotopic (exact) mass is 309 g/mol. The Morgan fingerprint density at radius 2 is 2.14 bits per heavy atom. The van der Waals surface area contributed by atoms with Crippen LogP contribution in [0.25, 0.3) is 0 Å². The lowest BCUT2D eigenvalue weighted by Crippen LogP contribution is -2.31. The molecule has 0 N–H and O–H groups in total. The van der Waals surface area contributed by atoms with Crippen LogP contribution in [0.15, 0.2) is 36.4 Å². The fourth-order valence-corrected chi connectivity index (χ4v) is 1.69. The van der Waals surface area contributed by atoms with E-state index < -0.39 is 0 Å². The van der Waals surface area contributed by atoms with E-state index in [1.807, 2.05) is 0 Å². The minimum atomic E-state index is -0.367. The Bertz CT molecular complexity index is 622. The van der Waals surface area contributed by atoms with Crippen LogP contribution in [0.2, 0.25) is 5.15 Å². The second kappa shape index (κ2) is 6.99. The fourth-order valence-electron chi connectivity index (χ4n) is 1.58. The zero-order valence-corrected chi connectivity index (χ0v) is 12.0. The molecule has 0 aliphatic carbocycles. The van der Waals surface area contributed by atoms with Gasteiger partial charge in [0.1, 0.15) is 18.2 Å². The summed E-state index contributed by atoms with van der Waals surface area (Å²) in [5, 5.41) is 7.55. The predicted octanol–water partition coefficient (Wildman–Crippen LogP) is 2.42. The molecule has 5 nitrogen and oxygen atoms in total. The number of aromatic nitrogens is 2. The van der Waals surface area contributed by atoms with Gasteiger partial charge in [-0.25, -0.2) is 4.39 Å². The molecule has 1 aromatic carbocycles. The SMILES string of the molecule is CN(CCOc1cccc(F)c1)C(=O)c1ccc(Cl)nn1. The molecular formula is C14H13ClFN3O2. The van der Waals surface area contributed by atoms with E-state index in [9.17, 15) is 9.18 Å². The van der Waals surface area contributed by atoms with E-state index in [1.165, 1.54) is 29.2 Å². The first-order valence-electron chi connectivity index (χ1n) is 6.19. The summed E-state index contributed by atoms with van der Waals surface area (Å²) in [4.78, 5) is 13.5. The van der Waals surface area contributed by atoms with Crippen LogP contribution in [0.1, 0.15) is 10.5 Å². The topological polar surface area (TPSA) is 55.3 Å². The Balaban J connectivity index is 1.85. The molecule has 1 amide bonds. The van der Waals surface area contributed by atoms with E-state index in [4.69, 9.17) is 16.3 Å². The smallest absolute Gasteiger partial charge is 0.274 e. The molecule has 0 fully saturated rings. The molecule has 2 aromatic rings. The highest BCUT2D eigenvalue weighted by Gasteiger charge is 2.13. The molecule has 0 saturated carbocycles. The molecule has 21 heavy (non-hydrogen) atoms. The summed E-state index contributed by atoms with van der Waals surface area (Å²) in [5.74, 6) is -0.238. The van der Waals surface area contributed by atoms with Crippen molar-refractivity contribution >= 4 is 17.5 Å². The lowest BCUT2D eigenvalue weighted by molar-refractivity contribution is 0.0766. The summed E-state index contributed by atoms with van der Waals surface area (Å²) in [7, 11) is 1.62. The van der Waals surface area contributed by atoms with Gasteiger partial charge in [-0.1, -0.05) is 17.7 Å². The standard InChI is InChI=1S/C14H13ClFN3O2/c1-19(14(20)12-5-6-13(15)18-17-12)7-8-21-11-4-2-3-10(16)9-11/h2-6,9H,7-8H2,1H3. The first-order valence-corrected chi connectivity index (χ1v) is 6.57. The third-order valence-electron chi connectivity index (χ3n) is 2.69. The van der Waals surface area contributed by atoms with Crippen LogP contribution in [-0.4, -0.2) is 41.2 Å². The van der Waals surface area contributed by atoms with Crippen molar-refractivity contribution in [2.75, 3.05) is 20.2 Å². The molecule has 0 spiro atoms. The molecule has 0 aliphatic rings. The number of likely N-dealkylation sites (N-methyl/N-ethyl adjacent to an activating group) is 1. The Morgan fingerprint density at radius 3 is 2.81 bits per heavy atom. The Kier molecular flexibility index (Phi) is 5.05. The molecule has 0 atom stereocenters. The number of carbonyl (C=O) groups is 1. The number of hydrogen-bond donors (Lipinski definition) is 0. The summed E-state index contributed by atoms with van der Waals surface area (Å²) in [6, 6.07) is 8.83. The fraction of sp³-hybridized carbons (Fsp3) is 0.214. The summed E-state index contributed by atoms with van der Waals surface area (Å²) < 4.78 is 18.3. The molecule has 0 bridgehead atoms. The lowest BCUT2D eigenvalue weighted by Gasteiger charge is -2.16. The zero-order valence-electron chi connectivity index (χ0n) is 11.3. The van der Waals surface area contributed by atoms with Crippen LogP contribution in [-0.2, 0) is 0 Å². The van der Waals surface area contributed by atoms with Crippen LogP contribution < -0.4 is 4.74 Å². The van der Waals surface area contributed by atoms with Gasteiger partial charge >= 0.3 is 0 Å². The van der Waals surface area contributed by atoms with E-state index in [-0.39, 0.29) is 29.2 Å². The van der Waals surface area contributed by atoms with Crippen molar-refractivity contribution < 1.29 is 13.9 Å². The maximum Gasteiger partial charge on any atom is 0.274 e. The maximum absolute atomic E-state index is 13.0. The van der Waals surface area contributed by atoms with Crippen molar-refractivity contribution in [1.82, 2.24) is 15.1 Å². The number of carbonyl (C=O) groups excluding carboxylic acids is 1. The van der Waals surface area contributed by atoms with E-state index in [1.54, 1.807) is 19.2 Å². The van der Waals surface area contributed by atoms with Crippen molar-refractivity contribution in [3.8, 4) is 5.75 Å². The number of benzene rings is 1. The van der Waals surface area contributed by atoms with Gasteiger partial charge in [-0.2, -0.15) is 0 Å². The van der Waals surface area contributed by atoms with Crippen LogP contribution in [0.4, 0.5) is 4.39 Å². The van der Waals surface area contributed by atoms with E-state index in [0.717, 1.165) is 0 Å². The Labute approximate surface area is 126 Å². The third-order valence-corrected chi connectivity index (χ3v) is 2.89. The van der Waals surface area contributed by atoms with Gasteiger partial charge in [-0.3, -0.25) is 4.79 Å². The minimum absolute atomic E-state index is 0.202. The van der Waals surface area contributed by atoms with Crippen molar-refractivity contribution in [3.05, 3.63) is 53.1 Å². The van der Waals surface area contributed by atoms with Crippen LogP contribution in [0.5, 0.6) is 5.75 Å². The van der Waals surface area contributed by atoms with E-state index in [0.29, 0.717) is 12.3 Å². The summed E-state index contributed by atoms with van der Waals surface area (Å²) in [6.07, 6.45) is 0. The highest BCUT2D eigenvalue weighted by Crippen LogP contribution is 2.11. The molecule has 0 saturated heterocycles. The highest BCUT2D eigenvalue weighted by atomic mass is 35.5. The second-order valence-corrected chi connectivity index (χ2v) is 4.66.